The molecule has 0 aliphatic heterocycles. The van der Waals surface area contributed by atoms with Crippen molar-refractivity contribution in [1.82, 2.24) is 19.3 Å². The van der Waals surface area contributed by atoms with Crippen molar-refractivity contribution in [2.45, 2.75) is 13.0 Å². The molecular weight excluding hydrogens is 359 g/mol. The van der Waals surface area contributed by atoms with E-state index in [1.54, 1.807) is 33.8 Å². The number of methoxy groups -OCH3 is 1. The van der Waals surface area contributed by atoms with Gasteiger partial charge in [0.05, 0.1) is 25.0 Å². The lowest BCUT2D eigenvalue weighted by molar-refractivity contribution is 0.409. The highest BCUT2D eigenvalue weighted by atomic mass is 19.1. The molecule has 4 aromatic rings. The lowest BCUT2D eigenvalue weighted by atomic mass is 10.1. The molecule has 1 N–H and O–H groups in total. The van der Waals surface area contributed by atoms with Gasteiger partial charge in [0.15, 0.2) is 0 Å². The Morgan fingerprint density at radius 1 is 1.11 bits per heavy atom. The first kappa shape index (κ1) is 17.8. The van der Waals surface area contributed by atoms with E-state index < -0.39 is 5.82 Å². The first-order valence-corrected chi connectivity index (χ1v) is 8.80. The predicted octanol–water partition coefficient (Wildman–Crippen LogP) is 3.79. The van der Waals surface area contributed by atoms with Crippen LogP contribution in [0.1, 0.15) is 18.5 Å². The summed E-state index contributed by atoms with van der Waals surface area (Å²) in [5.74, 6) is 0.0210. The van der Waals surface area contributed by atoms with Crippen LogP contribution in [0.3, 0.4) is 0 Å². The molecule has 0 fully saturated rings. The molecule has 0 saturated carbocycles. The van der Waals surface area contributed by atoms with Gasteiger partial charge in [-0.25, -0.2) is 9.18 Å². The maximum atomic E-state index is 13.8. The normalized spacial score (nSPS) is 12.1. The van der Waals surface area contributed by atoms with Crippen LogP contribution in [0.4, 0.5) is 4.39 Å². The van der Waals surface area contributed by atoms with E-state index in [0.29, 0.717) is 11.3 Å². The van der Waals surface area contributed by atoms with Gasteiger partial charge in [0.25, 0.3) is 0 Å². The van der Waals surface area contributed by atoms with Gasteiger partial charge < -0.3 is 4.74 Å². The highest BCUT2D eigenvalue weighted by Crippen LogP contribution is 2.24. The third kappa shape index (κ3) is 3.22. The first-order valence-electron chi connectivity index (χ1n) is 8.80. The molecular formula is C21H19FN4O2. The Balaban J connectivity index is 1.66. The Kier molecular flexibility index (Phi) is 4.57. The van der Waals surface area contributed by atoms with Crippen molar-refractivity contribution in [3.05, 3.63) is 89.1 Å². The molecule has 0 spiro atoms. The van der Waals surface area contributed by atoms with Crippen LogP contribution < -0.4 is 10.4 Å². The fourth-order valence-corrected chi connectivity index (χ4v) is 3.21. The fraction of sp³-hybridized carbons (Fsp3) is 0.143. The van der Waals surface area contributed by atoms with E-state index in [1.807, 2.05) is 37.4 Å². The summed E-state index contributed by atoms with van der Waals surface area (Å²) in [6.07, 6.45) is 6.97. The number of H-pyrrole nitrogens is 1. The van der Waals surface area contributed by atoms with Crippen LogP contribution in [-0.2, 0) is 0 Å². The molecule has 0 aliphatic carbocycles. The number of ether oxygens (including phenoxy) is 1. The van der Waals surface area contributed by atoms with Gasteiger partial charge in [0.2, 0.25) is 0 Å². The third-order valence-electron chi connectivity index (χ3n) is 4.81. The lowest BCUT2D eigenvalue weighted by Gasteiger charge is -2.14. The molecule has 0 saturated heterocycles. The van der Waals surface area contributed by atoms with Crippen molar-refractivity contribution in [2.75, 3.05) is 7.11 Å². The third-order valence-corrected chi connectivity index (χ3v) is 4.81. The topological polar surface area (TPSA) is 64.8 Å². The number of benzene rings is 2. The molecule has 2 aromatic carbocycles. The Labute approximate surface area is 160 Å². The van der Waals surface area contributed by atoms with Gasteiger partial charge in [0, 0.05) is 30.2 Å². The zero-order chi connectivity index (χ0) is 19.7. The number of nitrogens with one attached hydrogen (secondary N) is 1. The zero-order valence-electron chi connectivity index (χ0n) is 15.5. The molecule has 0 radical (unpaired) electrons. The van der Waals surface area contributed by atoms with Gasteiger partial charge in [-0.2, -0.15) is 5.10 Å². The number of rotatable bonds is 5. The summed E-state index contributed by atoms with van der Waals surface area (Å²) in [4.78, 5) is 12.9. The van der Waals surface area contributed by atoms with Gasteiger partial charge in [-0.1, -0.05) is 12.1 Å². The number of nitrogens with zero attached hydrogens (tertiary/aromatic N) is 3. The van der Waals surface area contributed by atoms with Crippen molar-refractivity contribution in [1.29, 1.82) is 0 Å². The zero-order valence-corrected chi connectivity index (χ0v) is 15.5. The number of aromatic amines is 1. The fourth-order valence-electron chi connectivity index (χ4n) is 3.21. The van der Waals surface area contributed by atoms with Gasteiger partial charge in [-0.3, -0.25) is 14.2 Å². The summed E-state index contributed by atoms with van der Waals surface area (Å²) in [7, 11) is 1.49. The minimum Gasteiger partial charge on any atom is -0.497 e. The highest BCUT2D eigenvalue weighted by Gasteiger charge is 2.15. The van der Waals surface area contributed by atoms with E-state index in [-0.39, 0.29) is 11.7 Å². The summed E-state index contributed by atoms with van der Waals surface area (Å²) in [5, 5.41) is 6.73. The van der Waals surface area contributed by atoms with Crippen LogP contribution in [0.15, 0.2) is 72.0 Å². The molecule has 0 aliphatic rings. The number of halogens is 1. The van der Waals surface area contributed by atoms with E-state index >= 15 is 0 Å². The minimum atomic E-state index is -0.400. The quantitative estimate of drug-likeness (QED) is 0.575. The largest absolute Gasteiger partial charge is 0.497 e. The molecule has 7 heteroatoms. The smallest absolute Gasteiger partial charge is 0.333 e. The van der Waals surface area contributed by atoms with Crippen molar-refractivity contribution >= 4 is 0 Å². The van der Waals surface area contributed by atoms with E-state index in [0.717, 1.165) is 16.8 Å². The van der Waals surface area contributed by atoms with Crippen LogP contribution in [0.5, 0.6) is 5.75 Å². The molecule has 28 heavy (non-hydrogen) atoms. The van der Waals surface area contributed by atoms with E-state index in [4.69, 9.17) is 4.74 Å². The Morgan fingerprint density at radius 2 is 1.89 bits per heavy atom. The summed E-state index contributed by atoms with van der Waals surface area (Å²) in [5.41, 5.74) is 3.19. The Morgan fingerprint density at radius 3 is 2.57 bits per heavy atom. The van der Waals surface area contributed by atoms with E-state index in [9.17, 15) is 9.18 Å². The molecule has 4 rings (SSSR count). The van der Waals surface area contributed by atoms with E-state index in [2.05, 4.69) is 10.2 Å². The number of imidazole rings is 1. The average molecular weight is 378 g/mol. The first-order chi connectivity index (χ1) is 13.6. The van der Waals surface area contributed by atoms with Crippen LogP contribution in [0.25, 0.3) is 16.8 Å². The highest BCUT2D eigenvalue weighted by molar-refractivity contribution is 5.62. The molecule has 0 bridgehead atoms. The SMILES string of the molecule is COc1cc(F)cc(C(C)n2ccn(-c3ccc(-c4cn[nH]c4)cc3)c2=O)c1. The predicted molar refractivity (Wildman–Crippen MR) is 104 cm³/mol. The maximum Gasteiger partial charge on any atom is 0.333 e. The number of aromatic nitrogens is 4. The van der Waals surface area contributed by atoms with Crippen molar-refractivity contribution < 1.29 is 9.13 Å². The molecule has 2 aromatic heterocycles. The monoisotopic (exact) mass is 378 g/mol. The van der Waals surface area contributed by atoms with Gasteiger partial charge in [-0.05, 0) is 42.3 Å². The van der Waals surface area contributed by atoms with Gasteiger partial charge in [0.1, 0.15) is 11.6 Å². The summed E-state index contributed by atoms with van der Waals surface area (Å²) in [6, 6.07) is 11.7. The average Bonchev–Trinajstić information content (AvgIpc) is 3.37. The minimum absolute atomic E-state index is 0.202. The van der Waals surface area contributed by atoms with E-state index in [1.165, 1.54) is 19.2 Å². The van der Waals surface area contributed by atoms with Gasteiger partial charge in [-0.15, -0.1) is 0 Å². The summed E-state index contributed by atoms with van der Waals surface area (Å²) < 4.78 is 22.1. The van der Waals surface area contributed by atoms with Crippen LogP contribution in [-0.4, -0.2) is 26.4 Å². The van der Waals surface area contributed by atoms with Crippen molar-refractivity contribution in [3.63, 3.8) is 0 Å². The summed E-state index contributed by atoms with van der Waals surface area (Å²) in [6.45, 7) is 1.85. The lowest BCUT2D eigenvalue weighted by Crippen LogP contribution is -2.25. The van der Waals surface area contributed by atoms with Crippen LogP contribution >= 0.6 is 0 Å². The number of hydrogen-bond acceptors (Lipinski definition) is 3. The van der Waals surface area contributed by atoms with Gasteiger partial charge >= 0.3 is 5.69 Å². The van der Waals surface area contributed by atoms with Crippen molar-refractivity contribution in [3.8, 4) is 22.6 Å². The molecule has 142 valence electrons. The Bertz CT molecular complexity index is 1140. The molecule has 2 heterocycles. The second-order valence-electron chi connectivity index (χ2n) is 6.49. The van der Waals surface area contributed by atoms with Crippen LogP contribution in [0.2, 0.25) is 0 Å². The standard InChI is InChI=1S/C21H19FN4O2/c1-14(16-9-18(22)11-20(10-16)28-2)25-7-8-26(21(25)27)19-5-3-15(4-6-19)17-12-23-24-13-17/h3-14H,1-2H3,(H,23,24). The maximum absolute atomic E-state index is 13.8. The molecule has 0 amide bonds. The second-order valence-corrected chi connectivity index (χ2v) is 6.49. The van der Waals surface area contributed by atoms with Crippen LogP contribution in [0, 0.1) is 5.82 Å². The molecule has 6 nitrogen and oxygen atoms in total. The number of hydrogen-bond donors (Lipinski definition) is 1. The van der Waals surface area contributed by atoms with Crippen molar-refractivity contribution in [2.24, 2.45) is 0 Å². The molecule has 1 atom stereocenters. The summed E-state index contributed by atoms with van der Waals surface area (Å²) >= 11 is 0. The Hall–Kier alpha value is -3.61. The second kappa shape index (κ2) is 7.19. The molecule has 1 unspecified atom stereocenters.